The van der Waals surface area contributed by atoms with E-state index in [1.807, 2.05) is 5.51 Å². The van der Waals surface area contributed by atoms with Crippen LogP contribution in [0.1, 0.15) is 33.4 Å². The number of rotatable bonds is 4. The van der Waals surface area contributed by atoms with Gasteiger partial charge in [0, 0.05) is 10.9 Å². The van der Waals surface area contributed by atoms with E-state index >= 15 is 0 Å². The van der Waals surface area contributed by atoms with Gasteiger partial charge in [-0.15, -0.1) is 11.3 Å². The molecule has 3 heteroatoms. The van der Waals surface area contributed by atoms with Gasteiger partial charge in [0.25, 0.3) is 0 Å². The zero-order valence-electron chi connectivity index (χ0n) is 9.50. The summed E-state index contributed by atoms with van der Waals surface area (Å²) in [6.07, 6.45) is 1.08. The van der Waals surface area contributed by atoms with Crippen LogP contribution in [0.4, 0.5) is 0 Å². The molecule has 1 atom stereocenters. The zero-order chi connectivity index (χ0) is 10.6. The van der Waals surface area contributed by atoms with E-state index in [-0.39, 0.29) is 5.54 Å². The lowest BCUT2D eigenvalue weighted by Gasteiger charge is -2.23. The minimum absolute atomic E-state index is 0.219. The van der Waals surface area contributed by atoms with Gasteiger partial charge in [0.15, 0.2) is 0 Å². The summed E-state index contributed by atoms with van der Waals surface area (Å²) in [5, 5.41) is 5.64. The summed E-state index contributed by atoms with van der Waals surface area (Å²) in [5.74, 6) is 0.649. The number of nitrogens with zero attached hydrogens (tertiary/aromatic N) is 1. The fourth-order valence-electron chi connectivity index (χ4n) is 1.25. The first-order valence-corrected chi connectivity index (χ1v) is 6.04. The van der Waals surface area contributed by atoms with E-state index in [0.29, 0.717) is 5.92 Å². The molecule has 14 heavy (non-hydrogen) atoms. The van der Waals surface area contributed by atoms with Gasteiger partial charge in [-0.1, -0.05) is 6.92 Å². The number of thiazole rings is 1. The Hall–Kier alpha value is -0.410. The van der Waals surface area contributed by atoms with Gasteiger partial charge in [0.1, 0.15) is 0 Å². The van der Waals surface area contributed by atoms with Crippen LogP contribution in [-0.4, -0.2) is 17.1 Å². The Morgan fingerprint density at radius 3 is 2.71 bits per heavy atom. The highest BCUT2D eigenvalue weighted by molar-refractivity contribution is 7.07. The van der Waals surface area contributed by atoms with E-state index in [1.54, 1.807) is 11.3 Å². The van der Waals surface area contributed by atoms with E-state index in [1.165, 1.54) is 5.69 Å². The molecule has 0 saturated carbocycles. The molecule has 0 bridgehead atoms. The maximum Gasteiger partial charge on any atom is 0.0794 e. The lowest BCUT2D eigenvalue weighted by molar-refractivity contribution is 0.380. The Bertz CT molecular complexity index is 249. The Morgan fingerprint density at radius 2 is 2.21 bits per heavy atom. The monoisotopic (exact) mass is 212 g/mol. The van der Waals surface area contributed by atoms with Crippen molar-refractivity contribution in [2.45, 2.75) is 39.7 Å². The number of nitrogens with one attached hydrogen (secondary N) is 1. The molecule has 0 amide bonds. The molecule has 0 radical (unpaired) electrons. The predicted octanol–water partition coefficient (Wildman–Crippen LogP) is 2.71. The van der Waals surface area contributed by atoms with Crippen molar-refractivity contribution < 1.29 is 0 Å². The second-order valence-corrected chi connectivity index (χ2v) is 5.64. The van der Waals surface area contributed by atoms with E-state index < -0.39 is 0 Å². The van der Waals surface area contributed by atoms with Gasteiger partial charge in [-0.25, -0.2) is 4.98 Å². The molecule has 2 nitrogen and oxygen atoms in total. The van der Waals surface area contributed by atoms with Crippen molar-refractivity contribution in [3.8, 4) is 0 Å². The van der Waals surface area contributed by atoms with Crippen LogP contribution in [0.5, 0.6) is 0 Å². The molecular formula is C11H20N2S. The van der Waals surface area contributed by atoms with Crippen LogP contribution in [0.2, 0.25) is 0 Å². The number of aromatic nitrogens is 1. The average Bonchev–Trinajstić information content (AvgIpc) is 2.52. The van der Waals surface area contributed by atoms with Crippen molar-refractivity contribution in [3.63, 3.8) is 0 Å². The third-order valence-corrected chi connectivity index (χ3v) is 2.66. The highest BCUT2D eigenvalue weighted by Crippen LogP contribution is 2.09. The maximum atomic E-state index is 4.29. The van der Waals surface area contributed by atoms with Crippen LogP contribution in [0.25, 0.3) is 0 Å². The van der Waals surface area contributed by atoms with Gasteiger partial charge in [-0.2, -0.15) is 0 Å². The van der Waals surface area contributed by atoms with Crippen molar-refractivity contribution in [3.05, 3.63) is 16.6 Å². The summed E-state index contributed by atoms with van der Waals surface area (Å²) < 4.78 is 0. The third-order valence-electron chi connectivity index (χ3n) is 2.02. The molecule has 1 unspecified atom stereocenters. The van der Waals surface area contributed by atoms with Crippen LogP contribution in [0.15, 0.2) is 10.9 Å². The molecule has 0 saturated heterocycles. The van der Waals surface area contributed by atoms with Gasteiger partial charge >= 0.3 is 0 Å². The van der Waals surface area contributed by atoms with Gasteiger partial charge in [0.2, 0.25) is 0 Å². The summed E-state index contributed by atoms with van der Waals surface area (Å²) in [7, 11) is 0. The summed E-state index contributed by atoms with van der Waals surface area (Å²) in [6.45, 7) is 9.91. The highest BCUT2D eigenvalue weighted by atomic mass is 32.1. The molecule has 80 valence electrons. The Labute approximate surface area is 90.8 Å². The highest BCUT2D eigenvalue weighted by Gasteiger charge is 2.11. The maximum absolute atomic E-state index is 4.29. The minimum Gasteiger partial charge on any atom is -0.312 e. The largest absolute Gasteiger partial charge is 0.312 e. The van der Waals surface area contributed by atoms with Crippen molar-refractivity contribution in [2.24, 2.45) is 5.92 Å². The van der Waals surface area contributed by atoms with E-state index in [2.05, 4.69) is 43.4 Å². The lowest BCUT2D eigenvalue weighted by atomic mass is 10.0. The zero-order valence-corrected chi connectivity index (χ0v) is 10.3. The first-order chi connectivity index (χ1) is 6.47. The Morgan fingerprint density at radius 1 is 1.50 bits per heavy atom. The van der Waals surface area contributed by atoms with Gasteiger partial charge in [-0.05, 0) is 39.7 Å². The molecule has 1 N–H and O–H groups in total. The molecule has 0 aliphatic rings. The van der Waals surface area contributed by atoms with Crippen LogP contribution in [0, 0.1) is 5.92 Å². The SMILES string of the molecule is CC(CNC(C)(C)C)Cc1cscn1. The molecule has 1 aromatic rings. The molecule has 0 aromatic carbocycles. The fourth-order valence-corrected chi connectivity index (χ4v) is 1.82. The van der Waals surface area contributed by atoms with Gasteiger partial charge in [-0.3, -0.25) is 0 Å². The van der Waals surface area contributed by atoms with Crippen molar-refractivity contribution in [1.82, 2.24) is 10.3 Å². The first-order valence-electron chi connectivity index (χ1n) is 5.09. The van der Waals surface area contributed by atoms with Crippen molar-refractivity contribution in [2.75, 3.05) is 6.54 Å². The molecule has 1 aromatic heterocycles. The molecule has 0 fully saturated rings. The Kier molecular flexibility index (Phi) is 4.08. The Balaban J connectivity index is 2.26. The standard InChI is InChI=1S/C11H20N2S/c1-9(6-13-11(2,3)4)5-10-7-14-8-12-10/h7-9,13H,5-6H2,1-4H3. The summed E-state index contributed by atoms with van der Waals surface area (Å²) in [5.41, 5.74) is 3.34. The van der Waals surface area contributed by atoms with Crippen molar-refractivity contribution in [1.29, 1.82) is 0 Å². The quantitative estimate of drug-likeness (QED) is 0.830. The molecule has 1 rings (SSSR count). The molecule has 0 aliphatic carbocycles. The topological polar surface area (TPSA) is 24.9 Å². The first kappa shape index (κ1) is 11.7. The van der Waals surface area contributed by atoms with Crippen molar-refractivity contribution >= 4 is 11.3 Å². The second-order valence-electron chi connectivity index (χ2n) is 4.92. The summed E-state index contributed by atoms with van der Waals surface area (Å²) >= 11 is 1.67. The predicted molar refractivity (Wildman–Crippen MR) is 62.7 cm³/mol. The molecule has 0 aliphatic heterocycles. The van der Waals surface area contributed by atoms with Crippen LogP contribution < -0.4 is 5.32 Å². The average molecular weight is 212 g/mol. The molecule has 1 heterocycles. The van der Waals surface area contributed by atoms with Crippen LogP contribution in [-0.2, 0) is 6.42 Å². The minimum atomic E-state index is 0.219. The number of hydrogen-bond acceptors (Lipinski definition) is 3. The fraction of sp³-hybridized carbons (Fsp3) is 0.727. The molecule has 0 spiro atoms. The third kappa shape index (κ3) is 4.72. The molecular weight excluding hydrogens is 192 g/mol. The van der Waals surface area contributed by atoms with Crippen LogP contribution in [0.3, 0.4) is 0 Å². The van der Waals surface area contributed by atoms with Gasteiger partial charge in [0.05, 0.1) is 11.2 Å². The van der Waals surface area contributed by atoms with E-state index in [4.69, 9.17) is 0 Å². The summed E-state index contributed by atoms with van der Waals surface area (Å²) in [6, 6.07) is 0. The van der Waals surface area contributed by atoms with Gasteiger partial charge < -0.3 is 5.32 Å². The normalized spacial score (nSPS) is 14.3. The lowest BCUT2D eigenvalue weighted by Crippen LogP contribution is -2.39. The van der Waals surface area contributed by atoms with E-state index in [9.17, 15) is 0 Å². The summed E-state index contributed by atoms with van der Waals surface area (Å²) in [4.78, 5) is 4.29. The smallest absolute Gasteiger partial charge is 0.0794 e. The van der Waals surface area contributed by atoms with E-state index in [0.717, 1.165) is 13.0 Å². The van der Waals surface area contributed by atoms with Crippen LogP contribution >= 0.6 is 11.3 Å². The second kappa shape index (κ2) is 4.89. The number of hydrogen-bond donors (Lipinski definition) is 1.